The van der Waals surface area contributed by atoms with Crippen molar-refractivity contribution in [2.75, 3.05) is 38.2 Å². The number of fused-ring (bicyclic) bond motifs is 2. The number of hydrogen-bond donors (Lipinski definition) is 0. The van der Waals surface area contributed by atoms with Gasteiger partial charge in [0, 0.05) is 50.5 Å². The Morgan fingerprint density at radius 2 is 1.73 bits per heavy atom. The van der Waals surface area contributed by atoms with Crippen LogP contribution in [0.3, 0.4) is 0 Å². The van der Waals surface area contributed by atoms with E-state index in [0.717, 1.165) is 61.5 Å². The average Bonchev–Trinajstić information content (AvgIpc) is 3.28. The predicted octanol–water partition coefficient (Wildman–Crippen LogP) is 5.64. The Morgan fingerprint density at radius 3 is 2.50 bits per heavy atom. The Balaban J connectivity index is 0.969. The zero-order valence-corrected chi connectivity index (χ0v) is 26.1. The standard InChI is InChI=1S/C35H44N2O7/c1-23-9-15-28-24(2)32(41-33-35(28)27(23)17-18-34(3,42-33)43-44-35)40-26-13-10-25(11-14-26)12-16-31(38)37-21-19-36(20-22-37)29-7-5-6-8-30(29)39-4/h5-8,10-14,16,23-24,27-28,32-33H,9,15,17-22H2,1-4H3/b16-12+/t23-,24-,27+,28+,32+,33-,34-,35-/m1/s1. The highest BCUT2D eigenvalue weighted by Gasteiger charge is 2.69. The Labute approximate surface area is 259 Å². The van der Waals surface area contributed by atoms with E-state index >= 15 is 0 Å². The van der Waals surface area contributed by atoms with E-state index in [4.69, 9.17) is 28.7 Å². The van der Waals surface area contributed by atoms with Crippen LogP contribution in [0, 0.1) is 23.7 Å². The molecule has 9 heteroatoms. The second-order valence-corrected chi connectivity index (χ2v) is 13.3. The first-order valence-electron chi connectivity index (χ1n) is 16.1. The van der Waals surface area contributed by atoms with Gasteiger partial charge in [-0.1, -0.05) is 38.1 Å². The van der Waals surface area contributed by atoms with Crippen molar-refractivity contribution in [3.63, 3.8) is 0 Å². The molecule has 5 aliphatic heterocycles. The molecule has 6 fully saturated rings. The van der Waals surface area contributed by atoms with Gasteiger partial charge < -0.3 is 28.7 Å². The molecule has 1 spiro atoms. The van der Waals surface area contributed by atoms with Crippen LogP contribution in [0.15, 0.2) is 54.6 Å². The van der Waals surface area contributed by atoms with E-state index in [0.29, 0.717) is 24.9 Å². The molecule has 9 nitrogen and oxygen atoms in total. The summed E-state index contributed by atoms with van der Waals surface area (Å²) in [5.41, 5.74) is 1.40. The predicted molar refractivity (Wildman–Crippen MR) is 165 cm³/mol. The number of benzene rings is 2. The summed E-state index contributed by atoms with van der Waals surface area (Å²) < 4.78 is 25.0. The summed E-state index contributed by atoms with van der Waals surface area (Å²) in [5, 5.41) is 0. The van der Waals surface area contributed by atoms with Crippen LogP contribution in [0.1, 0.15) is 52.0 Å². The number of para-hydroxylation sites is 2. The lowest BCUT2D eigenvalue weighted by Gasteiger charge is -2.60. The van der Waals surface area contributed by atoms with Gasteiger partial charge in [0.2, 0.25) is 18.0 Å². The van der Waals surface area contributed by atoms with Crippen LogP contribution in [-0.4, -0.2) is 68.1 Å². The smallest absolute Gasteiger partial charge is 0.246 e. The molecule has 0 radical (unpaired) electrons. The summed E-state index contributed by atoms with van der Waals surface area (Å²) in [4.78, 5) is 29.3. The van der Waals surface area contributed by atoms with E-state index in [-0.39, 0.29) is 17.7 Å². The van der Waals surface area contributed by atoms with Crippen LogP contribution in [0.25, 0.3) is 6.08 Å². The Morgan fingerprint density at radius 1 is 0.955 bits per heavy atom. The molecule has 2 aromatic carbocycles. The maximum atomic E-state index is 13.0. The molecule has 8 rings (SSSR count). The molecule has 2 aromatic rings. The van der Waals surface area contributed by atoms with Gasteiger partial charge in [0.25, 0.3) is 0 Å². The fraction of sp³-hybridized carbons (Fsp3) is 0.571. The van der Waals surface area contributed by atoms with Gasteiger partial charge in [-0.2, -0.15) is 0 Å². The lowest BCUT2D eigenvalue weighted by atomic mass is 9.58. The number of nitrogens with zero attached hydrogens (tertiary/aromatic N) is 2. The van der Waals surface area contributed by atoms with E-state index in [1.54, 1.807) is 13.2 Å². The largest absolute Gasteiger partial charge is 0.495 e. The molecule has 6 aliphatic rings. The molecule has 1 amide bonds. The quantitative estimate of drug-likeness (QED) is 0.310. The fourth-order valence-corrected chi connectivity index (χ4v) is 8.13. The van der Waals surface area contributed by atoms with Crippen molar-refractivity contribution >= 4 is 17.7 Å². The van der Waals surface area contributed by atoms with E-state index < -0.39 is 24.0 Å². The summed E-state index contributed by atoms with van der Waals surface area (Å²) in [5.74, 6) is 1.92. The van der Waals surface area contributed by atoms with Crippen molar-refractivity contribution < 1.29 is 33.5 Å². The summed E-state index contributed by atoms with van der Waals surface area (Å²) in [6.07, 6.45) is 6.48. The molecule has 1 aliphatic carbocycles. The van der Waals surface area contributed by atoms with Gasteiger partial charge in [-0.3, -0.25) is 4.79 Å². The molecule has 2 bridgehead atoms. The third-order valence-corrected chi connectivity index (χ3v) is 10.7. The molecule has 44 heavy (non-hydrogen) atoms. The first-order valence-corrected chi connectivity index (χ1v) is 16.1. The van der Waals surface area contributed by atoms with Crippen LogP contribution < -0.4 is 14.4 Å². The van der Waals surface area contributed by atoms with Crippen molar-refractivity contribution in [1.29, 1.82) is 0 Å². The number of amides is 1. The van der Waals surface area contributed by atoms with Gasteiger partial charge in [0.1, 0.15) is 11.5 Å². The van der Waals surface area contributed by atoms with E-state index in [1.165, 1.54) is 0 Å². The number of ether oxygens (including phenoxy) is 4. The number of piperazine rings is 1. The highest BCUT2D eigenvalue weighted by Crippen LogP contribution is 2.60. The van der Waals surface area contributed by atoms with E-state index in [2.05, 4.69) is 24.8 Å². The summed E-state index contributed by atoms with van der Waals surface area (Å²) in [7, 11) is 1.69. The molecule has 0 N–H and O–H groups in total. The van der Waals surface area contributed by atoms with Gasteiger partial charge in [-0.25, -0.2) is 9.78 Å². The topological polar surface area (TPSA) is 78.9 Å². The van der Waals surface area contributed by atoms with Gasteiger partial charge >= 0.3 is 0 Å². The van der Waals surface area contributed by atoms with Gasteiger partial charge in [-0.05, 0) is 73.9 Å². The molecule has 5 saturated heterocycles. The molecular formula is C35H44N2O7. The monoisotopic (exact) mass is 604 g/mol. The third-order valence-electron chi connectivity index (χ3n) is 10.7. The van der Waals surface area contributed by atoms with Gasteiger partial charge in [0.15, 0.2) is 11.9 Å². The molecule has 0 unspecified atom stereocenters. The van der Waals surface area contributed by atoms with Crippen molar-refractivity contribution in [3.8, 4) is 11.5 Å². The Hall–Kier alpha value is -3.11. The normalized spacial score (nSPS) is 36.5. The molecule has 1 saturated carbocycles. The Bertz CT molecular complexity index is 1380. The van der Waals surface area contributed by atoms with Crippen molar-refractivity contribution in [2.45, 2.75) is 70.4 Å². The molecule has 8 atom stereocenters. The number of anilines is 1. The molecule has 236 valence electrons. The van der Waals surface area contributed by atoms with Crippen LogP contribution in [0.4, 0.5) is 5.69 Å². The maximum absolute atomic E-state index is 13.0. The van der Waals surface area contributed by atoms with Crippen LogP contribution in [-0.2, 0) is 24.0 Å². The van der Waals surface area contributed by atoms with E-state index in [9.17, 15) is 4.79 Å². The second-order valence-electron chi connectivity index (χ2n) is 13.3. The lowest BCUT2D eigenvalue weighted by molar-refractivity contribution is -0.575. The summed E-state index contributed by atoms with van der Waals surface area (Å²) in [6, 6.07) is 15.8. The summed E-state index contributed by atoms with van der Waals surface area (Å²) >= 11 is 0. The highest BCUT2D eigenvalue weighted by molar-refractivity contribution is 5.92. The SMILES string of the molecule is COc1ccccc1N1CCN(C(=O)/C=C/c2ccc(O[C@H]3O[C@@H]4O[C@@]5(C)CC[C@H]6[C@H](C)CC[C@@H]([C@H]3C)[C@@]46OO5)cc2)CC1. The number of methoxy groups -OCH3 is 1. The maximum Gasteiger partial charge on any atom is 0.246 e. The van der Waals surface area contributed by atoms with Gasteiger partial charge in [-0.15, -0.1) is 0 Å². The fourth-order valence-electron chi connectivity index (χ4n) is 8.13. The number of rotatable bonds is 6. The third kappa shape index (κ3) is 5.17. The van der Waals surface area contributed by atoms with E-state index in [1.807, 2.05) is 60.4 Å². The van der Waals surface area contributed by atoms with Crippen molar-refractivity contribution in [3.05, 3.63) is 60.2 Å². The first kappa shape index (κ1) is 29.6. The van der Waals surface area contributed by atoms with Gasteiger partial charge in [0.05, 0.1) is 12.8 Å². The zero-order chi connectivity index (χ0) is 30.5. The van der Waals surface area contributed by atoms with Crippen molar-refractivity contribution in [2.24, 2.45) is 23.7 Å². The molecule has 5 heterocycles. The zero-order valence-electron chi connectivity index (χ0n) is 26.1. The molecular weight excluding hydrogens is 560 g/mol. The van der Waals surface area contributed by atoms with Crippen LogP contribution >= 0.6 is 0 Å². The average molecular weight is 605 g/mol. The minimum absolute atomic E-state index is 0.0149. The van der Waals surface area contributed by atoms with Crippen LogP contribution in [0.5, 0.6) is 11.5 Å². The highest BCUT2D eigenvalue weighted by atomic mass is 17.3. The number of carbonyl (C=O) groups is 1. The minimum Gasteiger partial charge on any atom is -0.495 e. The number of hydrogen-bond acceptors (Lipinski definition) is 8. The minimum atomic E-state index is -0.808. The summed E-state index contributed by atoms with van der Waals surface area (Å²) in [6.45, 7) is 9.30. The lowest BCUT2D eigenvalue weighted by Crippen LogP contribution is -2.70. The Kier molecular flexibility index (Phi) is 7.85. The number of carbonyl (C=O) groups excluding carboxylic acids is 1. The second kappa shape index (κ2) is 11.7. The first-order chi connectivity index (χ1) is 21.3. The van der Waals surface area contributed by atoms with Crippen LogP contribution in [0.2, 0.25) is 0 Å². The molecule has 0 aromatic heterocycles. The van der Waals surface area contributed by atoms with Crippen molar-refractivity contribution in [1.82, 2.24) is 4.90 Å².